The molecule has 13 heteroatoms. The van der Waals surface area contributed by atoms with Crippen LogP contribution in [0.1, 0.15) is 41.2 Å². The van der Waals surface area contributed by atoms with Crippen molar-refractivity contribution in [3.8, 4) is 0 Å². The van der Waals surface area contributed by atoms with Crippen LogP contribution in [0.5, 0.6) is 0 Å². The molecule has 4 heterocycles. The number of nitrogens with two attached hydrogens (primary N) is 2. The maximum absolute atomic E-state index is 12.8. The van der Waals surface area contributed by atoms with Crippen molar-refractivity contribution in [1.82, 2.24) is 30.5 Å². The number of halogens is 1. The molecule has 1 fully saturated rings. The summed E-state index contributed by atoms with van der Waals surface area (Å²) in [5, 5.41) is 6.96. The Balaban J connectivity index is 1.08. The van der Waals surface area contributed by atoms with Crippen LogP contribution in [-0.2, 0) is 11.2 Å². The van der Waals surface area contributed by atoms with Crippen LogP contribution in [0.15, 0.2) is 29.3 Å². The van der Waals surface area contributed by atoms with Gasteiger partial charge >= 0.3 is 0 Å². The molecule has 1 spiro atoms. The maximum atomic E-state index is 12.8. The van der Waals surface area contributed by atoms with Crippen molar-refractivity contribution in [2.24, 2.45) is 4.99 Å². The number of aromatic nitrogens is 3. The van der Waals surface area contributed by atoms with Crippen molar-refractivity contribution in [3.63, 3.8) is 0 Å². The number of benzene rings is 1. The third-order valence-electron chi connectivity index (χ3n) is 6.47. The second kappa shape index (κ2) is 9.86. The second-order valence-corrected chi connectivity index (χ2v) is 10.4. The van der Waals surface area contributed by atoms with Gasteiger partial charge in [0.25, 0.3) is 5.91 Å². The molecule has 0 bridgehead atoms. The summed E-state index contributed by atoms with van der Waals surface area (Å²) in [6.07, 6.45) is 3.54. The number of carbonyl (C=O) groups is 2. The summed E-state index contributed by atoms with van der Waals surface area (Å²) in [5.41, 5.74) is 11.9. The number of guanidine groups is 1. The summed E-state index contributed by atoms with van der Waals surface area (Å²) in [5.74, 6) is -0.236. The summed E-state index contributed by atoms with van der Waals surface area (Å²) >= 11 is 7.56. The molecule has 0 unspecified atom stereocenters. The molecule has 1 saturated heterocycles. The second-order valence-electron chi connectivity index (χ2n) is 8.97. The zero-order valence-corrected chi connectivity index (χ0v) is 21.0. The van der Waals surface area contributed by atoms with Crippen LogP contribution < -0.4 is 22.1 Å². The van der Waals surface area contributed by atoms with Gasteiger partial charge in [-0.2, -0.15) is 0 Å². The average molecular weight is 528 g/mol. The Hall–Kier alpha value is -3.51. The molecule has 1 aromatic carbocycles. The van der Waals surface area contributed by atoms with E-state index < -0.39 is 5.91 Å². The molecule has 36 heavy (non-hydrogen) atoms. The average Bonchev–Trinajstić information content (AvgIpc) is 3.45. The number of para-hydroxylation sites is 1. The SMILES string of the molecule is Nc1nc(N)c(C(=O)NC2=NCC3(CCN(C(=O)CCCc4nc5ccccc5s4)CC3)N2)nc1Cl. The van der Waals surface area contributed by atoms with Crippen molar-refractivity contribution in [2.75, 3.05) is 31.1 Å². The van der Waals surface area contributed by atoms with Gasteiger partial charge in [-0.1, -0.05) is 23.7 Å². The number of rotatable bonds is 5. The Morgan fingerprint density at radius 1 is 1.14 bits per heavy atom. The van der Waals surface area contributed by atoms with Gasteiger partial charge in [0, 0.05) is 19.5 Å². The lowest BCUT2D eigenvalue weighted by Crippen LogP contribution is -2.56. The van der Waals surface area contributed by atoms with Crippen LogP contribution in [0.2, 0.25) is 5.15 Å². The molecule has 2 aliphatic rings. The molecular weight excluding hydrogens is 502 g/mol. The van der Waals surface area contributed by atoms with Gasteiger partial charge in [-0.05, 0) is 37.8 Å². The number of nitrogen functional groups attached to an aromatic ring is 2. The zero-order chi connectivity index (χ0) is 25.3. The molecule has 2 aromatic heterocycles. The minimum atomic E-state index is -0.578. The highest BCUT2D eigenvalue weighted by Crippen LogP contribution is 2.27. The van der Waals surface area contributed by atoms with Crippen LogP contribution >= 0.6 is 22.9 Å². The number of amides is 2. The number of aryl methyl sites for hydroxylation is 1. The molecule has 5 rings (SSSR count). The minimum Gasteiger partial charge on any atom is -0.382 e. The van der Waals surface area contributed by atoms with E-state index in [0.717, 1.165) is 36.2 Å². The molecule has 2 amide bonds. The number of hydrogen-bond donors (Lipinski definition) is 4. The fourth-order valence-corrected chi connectivity index (χ4v) is 5.59. The Kier molecular flexibility index (Phi) is 6.63. The quantitative estimate of drug-likeness (QED) is 0.391. The molecule has 0 radical (unpaired) electrons. The van der Waals surface area contributed by atoms with Crippen molar-refractivity contribution < 1.29 is 9.59 Å². The number of likely N-dealkylation sites (tertiary alicyclic amines) is 1. The first-order valence-corrected chi connectivity index (χ1v) is 12.9. The van der Waals surface area contributed by atoms with Crippen LogP contribution in [0.3, 0.4) is 0 Å². The van der Waals surface area contributed by atoms with Gasteiger partial charge in [-0.25, -0.2) is 15.0 Å². The Morgan fingerprint density at radius 3 is 2.69 bits per heavy atom. The van der Waals surface area contributed by atoms with E-state index in [2.05, 4.69) is 36.6 Å². The topological polar surface area (TPSA) is 165 Å². The number of fused-ring (bicyclic) bond motifs is 1. The normalized spacial score (nSPS) is 16.7. The first-order chi connectivity index (χ1) is 17.3. The van der Waals surface area contributed by atoms with Crippen LogP contribution in [0, 0.1) is 0 Å². The van der Waals surface area contributed by atoms with Crippen molar-refractivity contribution in [3.05, 3.63) is 40.1 Å². The number of nitrogens with one attached hydrogen (secondary N) is 2. The molecule has 11 nitrogen and oxygen atoms in total. The van der Waals surface area contributed by atoms with Gasteiger partial charge in [0.15, 0.2) is 28.4 Å². The minimum absolute atomic E-state index is 0.0425. The molecule has 0 aliphatic carbocycles. The lowest BCUT2D eigenvalue weighted by molar-refractivity contribution is -0.132. The number of piperidine rings is 1. The summed E-state index contributed by atoms with van der Waals surface area (Å²) in [4.78, 5) is 44.1. The molecule has 2 aliphatic heterocycles. The fourth-order valence-electron chi connectivity index (χ4n) is 4.45. The highest BCUT2D eigenvalue weighted by Gasteiger charge is 2.40. The molecule has 3 aromatic rings. The number of aliphatic imine (C=N–C) groups is 1. The summed E-state index contributed by atoms with van der Waals surface area (Å²) in [6, 6.07) is 8.08. The smallest absolute Gasteiger partial charge is 0.280 e. The highest BCUT2D eigenvalue weighted by atomic mass is 35.5. The van der Waals surface area contributed by atoms with Gasteiger partial charge in [-0.3, -0.25) is 19.9 Å². The van der Waals surface area contributed by atoms with E-state index in [1.54, 1.807) is 11.3 Å². The van der Waals surface area contributed by atoms with Crippen LogP contribution in [0.25, 0.3) is 10.2 Å². The molecule has 6 N–H and O–H groups in total. The fraction of sp³-hybridized carbons (Fsp3) is 0.391. The molecular formula is C23H26ClN9O2S. The van der Waals surface area contributed by atoms with Gasteiger partial charge in [0.1, 0.15) is 0 Å². The standard InChI is InChI=1S/C23H26ClN9O2S/c24-18-20(26)30-19(25)17(29-18)21(35)31-22-27-12-23(32-22)8-10-33(11-9-23)16(34)7-3-6-15-28-13-4-1-2-5-14(13)36-15/h1-2,4-5H,3,6-12H2,(H4,25,26,30)(H2,27,31,32,35). The highest BCUT2D eigenvalue weighted by molar-refractivity contribution is 7.18. The Bertz CT molecular complexity index is 1320. The van der Waals surface area contributed by atoms with Crippen molar-refractivity contribution >= 4 is 62.6 Å². The lowest BCUT2D eigenvalue weighted by Gasteiger charge is -2.39. The first-order valence-electron chi connectivity index (χ1n) is 11.7. The number of anilines is 2. The first kappa shape index (κ1) is 24.2. The third kappa shape index (κ3) is 5.05. The number of thiazole rings is 1. The summed E-state index contributed by atoms with van der Waals surface area (Å²) < 4.78 is 1.18. The van der Waals surface area contributed by atoms with E-state index in [-0.39, 0.29) is 33.9 Å². The molecule has 0 atom stereocenters. The predicted octanol–water partition coefficient (Wildman–Crippen LogP) is 1.98. The van der Waals surface area contributed by atoms with Crippen molar-refractivity contribution in [1.29, 1.82) is 0 Å². The van der Waals surface area contributed by atoms with E-state index >= 15 is 0 Å². The monoisotopic (exact) mass is 527 g/mol. The van der Waals surface area contributed by atoms with E-state index in [9.17, 15) is 9.59 Å². The van der Waals surface area contributed by atoms with Gasteiger partial charge in [-0.15, -0.1) is 11.3 Å². The number of carbonyl (C=O) groups excluding carboxylic acids is 2. The van der Waals surface area contributed by atoms with Gasteiger partial charge in [0.2, 0.25) is 5.91 Å². The van der Waals surface area contributed by atoms with Crippen molar-refractivity contribution in [2.45, 2.75) is 37.6 Å². The van der Waals surface area contributed by atoms with Gasteiger partial charge in [0.05, 0.1) is 27.3 Å². The summed E-state index contributed by atoms with van der Waals surface area (Å²) in [7, 11) is 0. The molecule has 188 valence electrons. The largest absolute Gasteiger partial charge is 0.382 e. The Labute approximate surface area is 216 Å². The zero-order valence-electron chi connectivity index (χ0n) is 19.5. The van der Waals surface area contributed by atoms with Crippen LogP contribution in [-0.4, -0.2) is 62.8 Å². The van der Waals surface area contributed by atoms with E-state index in [0.29, 0.717) is 32.0 Å². The number of hydrogen-bond acceptors (Lipinski definition) is 10. The number of nitrogens with zero attached hydrogens (tertiary/aromatic N) is 5. The van der Waals surface area contributed by atoms with Crippen LogP contribution in [0.4, 0.5) is 11.6 Å². The van der Waals surface area contributed by atoms with E-state index in [1.807, 2.05) is 23.1 Å². The van der Waals surface area contributed by atoms with E-state index in [4.69, 9.17) is 23.1 Å². The summed E-state index contributed by atoms with van der Waals surface area (Å²) in [6.45, 7) is 1.78. The predicted molar refractivity (Wildman–Crippen MR) is 140 cm³/mol. The lowest BCUT2D eigenvalue weighted by atomic mass is 9.88. The molecule has 0 saturated carbocycles. The third-order valence-corrected chi connectivity index (χ3v) is 7.84. The van der Waals surface area contributed by atoms with E-state index in [1.165, 1.54) is 4.70 Å². The Morgan fingerprint density at radius 2 is 1.92 bits per heavy atom. The van der Waals surface area contributed by atoms with Gasteiger partial charge < -0.3 is 21.7 Å². The maximum Gasteiger partial charge on any atom is 0.280 e.